The van der Waals surface area contributed by atoms with Crippen LogP contribution in [0.3, 0.4) is 0 Å². The highest BCUT2D eigenvalue weighted by Crippen LogP contribution is 2.26. The Balaban J connectivity index is 1.61. The van der Waals surface area contributed by atoms with E-state index < -0.39 is 0 Å². The van der Waals surface area contributed by atoms with E-state index in [-0.39, 0.29) is 12.1 Å². The van der Waals surface area contributed by atoms with Crippen molar-refractivity contribution in [2.75, 3.05) is 20.3 Å². The van der Waals surface area contributed by atoms with Crippen LogP contribution in [0.15, 0.2) is 60.2 Å². The van der Waals surface area contributed by atoms with Gasteiger partial charge in [0.25, 0.3) is 0 Å². The Morgan fingerprint density at radius 1 is 1.10 bits per heavy atom. The number of ketones is 1. The second-order valence-electron chi connectivity index (χ2n) is 7.63. The van der Waals surface area contributed by atoms with Gasteiger partial charge in [0.2, 0.25) is 0 Å². The van der Waals surface area contributed by atoms with Crippen molar-refractivity contribution >= 4 is 11.9 Å². The Morgan fingerprint density at radius 2 is 1.87 bits per heavy atom. The minimum atomic E-state index is -0.198. The van der Waals surface area contributed by atoms with Crippen molar-refractivity contribution in [3.8, 4) is 17.2 Å². The highest BCUT2D eigenvalue weighted by Gasteiger charge is 2.15. The van der Waals surface area contributed by atoms with Gasteiger partial charge in [0.15, 0.2) is 12.1 Å². The quantitative estimate of drug-likeness (QED) is 0.289. The second kappa shape index (κ2) is 11.4. The second-order valence-corrected chi connectivity index (χ2v) is 7.63. The Kier molecular flexibility index (Phi) is 8.30. The normalized spacial score (nSPS) is 16.0. The fourth-order valence-corrected chi connectivity index (χ4v) is 3.14. The van der Waals surface area contributed by atoms with E-state index in [1.165, 1.54) is 5.57 Å². The van der Waals surface area contributed by atoms with E-state index in [0.717, 1.165) is 37.2 Å². The monoisotopic (exact) mass is 422 g/mol. The van der Waals surface area contributed by atoms with Gasteiger partial charge in [-0.1, -0.05) is 5.57 Å². The average molecular weight is 423 g/mol. The van der Waals surface area contributed by atoms with Crippen molar-refractivity contribution in [1.29, 1.82) is 0 Å². The number of benzene rings is 2. The molecule has 1 aliphatic rings. The SMILES string of the molecule is COc1cc(OCC=C(C)C)ccc1/C=C/C(=O)c1ccc(OC2CCCCO2)cc1. The van der Waals surface area contributed by atoms with Crippen LogP contribution in [0.25, 0.3) is 6.08 Å². The predicted octanol–water partition coefficient (Wildman–Crippen LogP) is 5.84. The largest absolute Gasteiger partial charge is 0.496 e. The minimum Gasteiger partial charge on any atom is -0.496 e. The Labute approximate surface area is 184 Å². The number of hydrogen-bond donors (Lipinski definition) is 0. The fraction of sp³-hybridized carbons (Fsp3) is 0.346. The van der Waals surface area contributed by atoms with E-state index in [2.05, 4.69) is 0 Å². The predicted molar refractivity (Wildman–Crippen MR) is 122 cm³/mol. The van der Waals surface area contributed by atoms with E-state index in [0.29, 0.717) is 23.7 Å². The summed E-state index contributed by atoms with van der Waals surface area (Å²) >= 11 is 0. The summed E-state index contributed by atoms with van der Waals surface area (Å²) in [5, 5.41) is 0. The van der Waals surface area contributed by atoms with Crippen molar-refractivity contribution in [3.63, 3.8) is 0 Å². The number of rotatable bonds is 9. The van der Waals surface area contributed by atoms with Gasteiger partial charge < -0.3 is 18.9 Å². The lowest BCUT2D eigenvalue weighted by atomic mass is 10.1. The lowest BCUT2D eigenvalue weighted by molar-refractivity contribution is -0.105. The molecular weight excluding hydrogens is 392 g/mol. The third-order valence-corrected chi connectivity index (χ3v) is 4.91. The topological polar surface area (TPSA) is 54.0 Å². The van der Waals surface area contributed by atoms with Gasteiger partial charge in [0.1, 0.15) is 23.9 Å². The van der Waals surface area contributed by atoms with Gasteiger partial charge in [-0.15, -0.1) is 0 Å². The number of methoxy groups -OCH3 is 1. The summed E-state index contributed by atoms with van der Waals surface area (Å²) in [5.74, 6) is 1.98. The fourth-order valence-electron chi connectivity index (χ4n) is 3.14. The highest BCUT2D eigenvalue weighted by molar-refractivity contribution is 6.07. The maximum absolute atomic E-state index is 12.6. The van der Waals surface area contributed by atoms with Gasteiger partial charge in [-0.3, -0.25) is 4.79 Å². The smallest absolute Gasteiger partial charge is 0.199 e. The molecule has 1 aliphatic heterocycles. The van der Waals surface area contributed by atoms with E-state index in [9.17, 15) is 4.79 Å². The summed E-state index contributed by atoms with van der Waals surface area (Å²) in [6.07, 6.45) is 8.19. The maximum Gasteiger partial charge on any atom is 0.199 e. The Morgan fingerprint density at radius 3 is 2.55 bits per heavy atom. The lowest BCUT2D eigenvalue weighted by Crippen LogP contribution is -2.24. The molecule has 5 nitrogen and oxygen atoms in total. The van der Waals surface area contributed by atoms with E-state index in [1.54, 1.807) is 43.5 Å². The van der Waals surface area contributed by atoms with Crippen LogP contribution in [-0.2, 0) is 4.74 Å². The van der Waals surface area contributed by atoms with Crippen molar-refractivity contribution in [3.05, 3.63) is 71.3 Å². The van der Waals surface area contributed by atoms with E-state index in [4.69, 9.17) is 18.9 Å². The maximum atomic E-state index is 12.6. The molecule has 2 aromatic carbocycles. The first-order valence-electron chi connectivity index (χ1n) is 10.6. The molecule has 2 aromatic rings. The molecule has 0 saturated carbocycles. The zero-order chi connectivity index (χ0) is 22.1. The van der Waals surface area contributed by atoms with E-state index in [1.807, 2.05) is 38.1 Å². The van der Waals surface area contributed by atoms with Gasteiger partial charge in [-0.05, 0) is 81.3 Å². The van der Waals surface area contributed by atoms with Gasteiger partial charge in [0.05, 0.1) is 13.7 Å². The summed E-state index contributed by atoms with van der Waals surface area (Å²) in [7, 11) is 1.60. The molecule has 0 amide bonds. The minimum absolute atomic E-state index is 0.0913. The molecule has 0 N–H and O–H groups in total. The molecule has 1 fully saturated rings. The molecule has 164 valence electrons. The van der Waals surface area contributed by atoms with Gasteiger partial charge in [-0.25, -0.2) is 0 Å². The van der Waals surface area contributed by atoms with Crippen LogP contribution in [-0.4, -0.2) is 32.4 Å². The van der Waals surface area contributed by atoms with Crippen molar-refractivity contribution < 1.29 is 23.7 Å². The van der Waals surface area contributed by atoms with Crippen LogP contribution < -0.4 is 14.2 Å². The summed E-state index contributed by atoms with van der Waals surface area (Å²) in [6, 6.07) is 12.7. The number of ether oxygens (including phenoxy) is 4. The molecule has 0 aromatic heterocycles. The van der Waals surface area contributed by atoms with Gasteiger partial charge in [0, 0.05) is 23.6 Å². The lowest BCUT2D eigenvalue weighted by Gasteiger charge is -2.23. The van der Waals surface area contributed by atoms with Crippen LogP contribution in [0.5, 0.6) is 17.2 Å². The molecule has 31 heavy (non-hydrogen) atoms. The molecule has 1 atom stereocenters. The Bertz CT molecular complexity index is 917. The molecule has 0 spiro atoms. The molecule has 0 aliphatic carbocycles. The molecule has 1 unspecified atom stereocenters. The van der Waals surface area contributed by atoms with Crippen LogP contribution in [0.1, 0.15) is 49.0 Å². The Hall–Kier alpha value is -3.05. The molecule has 5 heteroatoms. The number of hydrogen-bond acceptors (Lipinski definition) is 5. The first-order valence-corrected chi connectivity index (χ1v) is 10.6. The number of carbonyl (C=O) groups excluding carboxylic acids is 1. The average Bonchev–Trinajstić information content (AvgIpc) is 2.78. The third kappa shape index (κ3) is 7.00. The first-order chi connectivity index (χ1) is 15.0. The molecular formula is C26H30O5. The summed E-state index contributed by atoms with van der Waals surface area (Å²) in [4.78, 5) is 12.6. The van der Waals surface area contributed by atoms with Crippen molar-refractivity contribution in [2.24, 2.45) is 0 Å². The summed E-state index contributed by atoms with van der Waals surface area (Å²) in [5.41, 5.74) is 2.60. The first kappa shape index (κ1) is 22.6. The van der Waals surface area contributed by atoms with Crippen LogP contribution in [0, 0.1) is 0 Å². The summed E-state index contributed by atoms with van der Waals surface area (Å²) < 4.78 is 22.6. The third-order valence-electron chi connectivity index (χ3n) is 4.91. The zero-order valence-corrected chi connectivity index (χ0v) is 18.4. The van der Waals surface area contributed by atoms with Gasteiger partial charge in [-0.2, -0.15) is 0 Å². The molecule has 0 bridgehead atoms. The van der Waals surface area contributed by atoms with Crippen molar-refractivity contribution in [1.82, 2.24) is 0 Å². The molecule has 1 saturated heterocycles. The number of carbonyl (C=O) groups is 1. The van der Waals surface area contributed by atoms with Crippen LogP contribution in [0.4, 0.5) is 0 Å². The van der Waals surface area contributed by atoms with E-state index >= 15 is 0 Å². The molecule has 1 heterocycles. The van der Waals surface area contributed by atoms with Gasteiger partial charge >= 0.3 is 0 Å². The zero-order valence-electron chi connectivity index (χ0n) is 18.4. The van der Waals surface area contributed by atoms with Crippen molar-refractivity contribution in [2.45, 2.75) is 39.4 Å². The standard InChI is InChI=1S/C26H30O5/c1-19(2)15-17-29-23-13-9-21(25(18-23)28-3)10-14-24(27)20-7-11-22(12-8-20)31-26-6-4-5-16-30-26/h7-15,18,26H,4-6,16-17H2,1-3H3/b14-10+. The number of allylic oxidation sites excluding steroid dienone is 2. The van der Waals surface area contributed by atoms with Crippen LogP contribution >= 0.6 is 0 Å². The molecule has 3 rings (SSSR count). The highest BCUT2D eigenvalue weighted by atomic mass is 16.7. The summed E-state index contributed by atoms with van der Waals surface area (Å²) in [6.45, 7) is 5.30. The van der Waals surface area contributed by atoms with Crippen LogP contribution in [0.2, 0.25) is 0 Å². The molecule has 0 radical (unpaired) electrons.